The van der Waals surface area contributed by atoms with Crippen molar-refractivity contribution in [2.75, 3.05) is 24.6 Å². The molecular weight excluding hydrogens is 423 g/mol. The highest BCUT2D eigenvalue weighted by molar-refractivity contribution is 7.92. The number of sulfonamides is 1. The summed E-state index contributed by atoms with van der Waals surface area (Å²) in [6.07, 6.45) is 1.29. The molecule has 0 aliphatic carbocycles. The Balaban J connectivity index is 1.98. The van der Waals surface area contributed by atoms with Crippen LogP contribution < -0.4 is 9.62 Å². The van der Waals surface area contributed by atoms with Gasteiger partial charge in [0.2, 0.25) is 5.91 Å². The highest BCUT2D eigenvalue weighted by atomic mass is 35.5. The molecule has 1 unspecified atom stereocenters. The SMILES string of the molecule is CNC(=O)COCC1CCc2ccccc2N1S(=O)(=O)c1ccc(Cl)c(Cl)c1. The molecular formula is C19H20Cl2N2O4S. The van der Waals surface area contributed by atoms with Crippen LogP contribution in [0.5, 0.6) is 0 Å². The summed E-state index contributed by atoms with van der Waals surface area (Å²) in [7, 11) is -2.39. The van der Waals surface area contributed by atoms with E-state index in [1.807, 2.05) is 12.1 Å². The van der Waals surface area contributed by atoms with Crippen LogP contribution in [-0.2, 0) is 26.0 Å². The molecule has 150 valence electrons. The molecule has 1 heterocycles. The van der Waals surface area contributed by atoms with Gasteiger partial charge in [0.1, 0.15) is 6.61 Å². The highest BCUT2D eigenvalue weighted by Crippen LogP contribution is 2.36. The van der Waals surface area contributed by atoms with Crippen molar-refractivity contribution in [3.05, 3.63) is 58.1 Å². The van der Waals surface area contributed by atoms with Crippen molar-refractivity contribution in [1.29, 1.82) is 0 Å². The van der Waals surface area contributed by atoms with Gasteiger partial charge in [0.15, 0.2) is 0 Å². The van der Waals surface area contributed by atoms with Crippen molar-refractivity contribution in [3.63, 3.8) is 0 Å². The first kappa shape index (κ1) is 20.9. The zero-order valence-electron chi connectivity index (χ0n) is 15.2. The topological polar surface area (TPSA) is 75.7 Å². The molecule has 0 fully saturated rings. The predicted octanol–water partition coefficient (Wildman–Crippen LogP) is 3.27. The second kappa shape index (κ2) is 8.69. The van der Waals surface area contributed by atoms with Gasteiger partial charge in [-0.15, -0.1) is 0 Å². The van der Waals surface area contributed by atoms with E-state index in [1.54, 1.807) is 12.1 Å². The number of fused-ring (bicyclic) bond motifs is 1. The average Bonchev–Trinajstić information content (AvgIpc) is 2.69. The van der Waals surface area contributed by atoms with Gasteiger partial charge < -0.3 is 10.1 Å². The van der Waals surface area contributed by atoms with Gasteiger partial charge in [-0.25, -0.2) is 8.42 Å². The highest BCUT2D eigenvalue weighted by Gasteiger charge is 2.36. The van der Waals surface area contributed by atoms with E-state index in [9.17, 15) is 13.2 Å². The zero-order chi connectivity index (χ0) is 20.3. The molecule has 3 rings (SSSR count). The first-order valence-corrected chi connectivity index (χ1v) is 10.9. The molecule has 6 nitrogen and oxygen atoms in total. The Morgan fingerprint density at radius 1 is 1.21 bits per heavy atom. The number of ether oxygens (including phenoxy) is 1. The van der Waals surface area contributed by atoms with E-state index in [0.717, 1.165) is 12.0 Å². The molecule has 1 atom stereocenters. The van der Waals surface area contributed by atoms with Crippen LogP contribution in [0.25, 0.3) is 0 Å². The second-order valence-corrected chi connectivity index (χ2v) is 9.02. The summed E-state index contributed by atoms with van der Waals surface area (Å²) in [5.41, 5.74) is 1.54. The van der Waals surface area contributed by atoms with Crippen LogP contribution in [0.4, 0.5) is 5.69 Å². The fourth-order valence-corrected chi connectivity index (χ4v) is 5.25. The number of para-hydroxylation sites is 1. The van der Waals surface area contributed by atoms with Crippen molar-refractivity contribution in [3.8, 4) is 0 Å². The molecule has 0 saturated carbocycles. The van der Waals surface area contributed by atoms with Crippen molar-refractivity contribution in [2.24, 2.45) is 0 Å². The molecule has 28 heavy (non-hydrogen) atoms. The van der Waals surface area contributed by atoms with E-state index in [1.165, 1.54) is 29.6 Å². The minimum absolute atomic E-state index is 0.0508. The Kier molecular flexibility index (Phi) is 6.50. The van der Waals surface area contributed by atoms with Crippen LogP contribution in [0.1, 0.15) is 12.0 Å². The van der Waals surface area contributed by atoms with Crippen molar-refractivity contribution >= 4 is 44.8 Å². The van der Waals surface area contributed by atoms with E-state index < -0.39 is 16.1 Å². The van der Waals surface area contributed by atoms with Gasteiger partial charge in [-0.3, -0.25) is 9.10 Å². The summed E-state index contributed by atoms with van der Waals surface area (Å²) in [6.45, 7) is -0.0301. The lowest BCUT2D eigenvalue weighted by atomic mass is 9.98. The van der Waals surface area contributed by atoms with Gasteiger partial charge in [0.05, 0.1) is 33.3 Å². The lowest BCUT2D eigenvalue weighted by Gasteiger charge is -2.37. The smallest absolute Gasteiger partial charge is 0.264 e. The molecule has 0 aromatic heterocycles. The number of hydrogen-bond donors (Lipinski definition) is 1. The van der Waals surface area contributed by atoms with Gasteiger partial charge in [0.25, 0.3) is 10.0 Å². The monoisotopic (exact) mass is 442 g/mol. The number of amides is 1. The lowest BCUT2D eigenvalue weighted by Crippen LogP contribution is -2.46. The van der Waals surface area contributed by atoms with Crippen LogP contribution in [-0.4, -0.2) is 40.6 Å². The Bertz CT molecular complexity index is 982. The number of likely N-dealkylation sites (N-methyl/N-ethyl adjacent to an activating group) is 1. The lowest BCUT2D eigenvalue weighted by molar-refractivity contribution is -0.125. The molecule has 0 spiro atoms. The maximum atomic E-state index is 13.5. The Labute approximate surface area is 174 Å². The number of nitrogens with zero attached hydrogens (tertiary/aromatic N) is 1. The third-order valence-corrected chi connectivity index (χ3v) is 7.18. The molecule has 1 N–H and O–H groups in total. The van der Waals surface area contributed by atoms with Gasteiger partial charge in [-0.05, 0) is 42.7 Å². The van der Waals surface area contributed by atoms with Gasteiger partial charge in [0, 0.05) is 7.05 Å². The maximum Gasteiger partial charge on any atom is 0.264 e. The number of anilines is 1. The van der Waals surface area contributed by atoms with Crippen molar-refractivity contribution in [2.45, 2.75) is 23.8 Å². The van der Waals surface area contributed by atoms with Crippen LogP contribution in [0.2, 0.25) is 10.0 Å². The maximum absolute atomic E-state index is 13.5. The molecule has 2 aromatic carbocycles. The second-order valence-electron chi connectivity index (χ2n) is 6.39. The van der Waals surface area contributed by atoms with Crippen LogP contribution in [0.15, 0.2) is 47.4 Å². The van der Waals surface area contributed by atoms with E-state index in [2.05, 4.69) is 5.32 Å². The van der Waals surface area contributed by atoms with E-state index in [0.29, 0.717) is 12.1 Å². The fourth-order valence-electron chi connectivity index (χ4n) is 3.16. The number of hydrogen-bond acceptors (Lipinski definition) is 4. The summed E-state index contributed by atoms with van der Waals surface area (Å²) < 4.78 is 33.8. The molecule has 1 aliphatic rings. The largest absolute Gasteiger partial charge is 0.369 e. The molecule has 0 saturated heterocycles. The summed E-state index contributed by atoms with van der Waals surface area (Å²) in [5, 5.41) is 2.92. The number of aryl methyl sites for hydroxylation is 1. The van der Waals surface area contributed by atoms with Gasteiger partial charge in [-0.2, -0.15) is 0 Å². The standard InChI is InChI=1S/C19H20Cl2N2O4S/c1-22-19(24)12-27-11-14-7-6-13-4-2-3-5-18(13)23(14)28(25,26)15-8-9-16(20)17(21)10-15/h2-5,8-10,14H,6-7,11-12H2,1H3,(H,22,24). The van der Waals surface area contributed by atoms with Crippen molar-refractivity contribution in [1.82, 2.24) is 5.32 Å². The first-order chi connectivity index (χ1) is 13.3. The molecule has 0 radical (unpaired) electrons. The third kappa shape index (κ3) is 4.27. The third-order valence-electron chi connectivity index (χ3n) is 4.58. The van der Waals surface area contributed by atoms with Crippen molar-refractivity contribution < 1.29 is 17.9 Å². The quantitative estimate of drug-likeness (QED) is 0.744. The summed E-state index contributed by atoms with van der Waals surface area (Å²) in [4.78, 5) is 11.5. The number of carbonyl (C=O) groups is 1. The summed E-state index contributed by atoms with van der Waals surface area (Å²) in [5.74, 6) is -0.268. The van der Waals surface area contributed by atoms with Gasteiger partial charge >= 0.3 is 0 Å². The van der Waals surface area contributed by atoms with E-state index in [-0.39, 0.29) is 34.1 Å². The molecule has 2 aromatic rings. The Hall–Kier alpha value is -1.80. The minimum Gasteiger partial charge on any atom is -0.369 e. The summed E-state index contributed by atoms with van der Waals surface area (Å²) >= 11 is 12.0. The van der Waals surface area contributed by atoms with Crippen LogP contribution >= 0.6 is 23.2 Å². The minimum atomic E-state index is -3.91. The molecule has 1 aliphatic heterocycles. The number of benzene rings is 2. The molecule has 9 heteroatoms. The Morgan fingerprint density at radius 3 is 2.68 bits per heavy atom. The fraction of sp³-hybridized carbons (Fsp3) is 0.316. The van der Waals surface area contributed by atoms with E-state index >= 15 is 0 Å². The van der Waals surface area contributed by atoms with E-state index in [4.69, 9.17) is 27.9 Å². The normalized spacial score (nSPS) is 16.5. The van der Waals surface area contributed by atoms with Gasteiger partial charge in [-0.1, -0.05) is 41.4 Å². The van der Waals surface area contributed by atoms with Crippen LogP contribution in [0.3, 0.4) is 0 Å². The first-order valence-electron chi connectivity index (χ1n) is 8.70. The molecule has 1 amide bonds. The number of carbonyl (C=O) groups excluding carboxylic acids is 1. The molecule has 0 bridgehead atoms. The zero-order valence-corrected chi connectivity index (χ0v) is 17.5. The number of nitrogens with one attached hydrogen (secondary N) is 1. The number of halogens is 2. The number of rotatable bonds is 6. The van der Waals surface area contributed by atoms with Crippen LogP contribution in [0, 0.1) is 0 Å². The predicted molar refractivity (Wildman–Crippen MR) is 110 cm³/mol. The Morgan fingerprint density at radius 2 is 1.96 bits per heavy atom. The summed E-state index contributed by atoms with van der Waals surface area (Å²) in [6, 6.07) is 11.2. The average molecular weight is 443 g/mol.